The molecule has 1 amide bonds. The number of halogens is 3. The molecule has 2 N–H and O–H groups in total. The van der Waals surface area contributed by atoms with Crippen molar-refractivity contribution in [3.63, 3.8) is 0 Å². The van der Waals surface area contributed by atoms with E-state index < -0.39 is 18.3 Å². The van der Waals surface area contributed by atoms with Crippen LogP contribution in [-0.2, 0) is 4.79 Å². The number of piperazine rings is 1. The predicted molar refractivity (Wildman–Crippen MR) is 81.7 cm³/mol. The van der Waals surface area contributed by atoms with Gasteiger partial charge in [-0.3, -0.25) is 9.69 Å². The van der Waals surface area contributed by atoms with E-state index in [1.54, 1.807) is 23.1 Å². The molecule has 1 aromatic carbocycles. The standard InChI is InChI=1S/C16H22F3N3O/c1-2-13(20)15(23)22-10-8-21(9-11-22)14(16(17,18)19)12-6-4-3-5-7-12/h3-7,13-14H,2,8-11,20H2,1H3. The molecule has 0 radical (unpaired) electrons. The lowest BCUT2D eigenvalue weighted by molar-refractivity contribution is -0.190. The fourth-order valence-corrected chi connectivity index (χ4v) is 2.85. The van der Waals surface area contributed by atoms with Crippen LogP contribution in [0.2, 0.25) is 0 Å². The van der Waals surface area contributed by atoms with E-state index >= 15 is 0 Å². The van der Waals surface area contributed by atoms with Gasteiger partial charge in [-0.2, -0.15) is 13.2 Å². The summed E-state index contributed by atoms with van der Waals surface area (Å²) in [5, 5.41) is 0. The smallest absolute Gasteiger partial charge is 0.339 e. The normalized spacial score (nSPS) is 19.4. The first kappa shape index (κ1) is 17.7. The van der Waals surface area contributed by atoms with E-state index in [4.69, 9.17) is 5.73 Å². The van der Waals surface area contributed by atoms with Crippen LogP contribution in [0.4, 0.5) is 13.2 Å². The fraction of sp³-hybridized carbons (Fsp3) is 0.562. The highest BCUT2D eigenvalue weighted by atomic mass is 19.4. The topological polar surface area (TPSA) is 49.6 Å². The largest absolute Gasteiger partial charge is 0.408 e. The summed E-state index contributed by atoms with van der Waals surface area (Å²) in [6.45, 7) is 2.72. The highest BCUT2D eigenvalue weighted by Gasteiger charge is 2.45. The van der Waals surface area contributed by atoms with E-state index in [9.17, 15) is 18.0 Å². The molecule has 23 heavy (non-hydrogen) atoms. The zero-order chi connectivity index (χ0) is 17.0. The minimum Gasteiger partial charge on any atom is -0.339 e. The molecular formula is C16H22F3N3O. The van der Waals surface area contributed by atoms with Crippen LogP contribution in [0.15, 0.2) is 30.3 Å². The summed E-state index contributed by atoms with van der Waals surface area (Å²) < 4.78 is 40.5. The maximum atomic E-state index is 13.5. The maximum absolute atomic E-state index is 13.5. The Labute approximate surface area is 134 Å². The van der Waals surface area contributed by atoms with Gasteiger partial charge in [-0.25, -0.2) is 0 Å². The van der Waals surface area contributed by atoms with Crippen LogP contribution < -0.4 is 5.73 Å². The van der Waals surface area contributed by atoms with E-state index in [1.165, 1.54) is 17.0 Å². The minimum absolute atomic E-state index is 0.182. The summed E-state index contributed by atoms with van der Waals surface area (Å²) in [4.78, 5) is 15.0. The second-order valence-electron chi connectivity index (χ2n) is 5.73. The third-order valence-electron chi connectivity index (χ3n) is 4.17. The number of rotatable bonds is 4. The second-order valence-corrected chi connectivity index (χ2v) is 5.73. The van der Waals surface area contributed by atoms with Crippen molar-refractivity contribution in [2.45, 2.75) is 31.6 Å². The van der Waals surface area contributed by atoms with Crippen LogP contribution in [0.5, 0.6) is 0 Å². The van der Waals surface area contributed by atoms with Gasteiger partial charge in [0.05, 0.1) is 6.04 Å². The van der Waals surface area contributed by atoms with Gasteiger partial charge in [-0.15, -0.1) is 0 Å². The molecule has 2 atom stereocenters. The first-order valence-electron chi connectivity index (χ1n) is 7.74. The van der Waals surface area contributed by atoms with Gasteiger partial charge in [0.1, 0.15) is 6.04 Å². The third kappa shape index (κ3) is 4.23. The molecule has 4 nitrogen and oxygen atoms in total. The zero-order valence-electron chi connectivity index (χ0n) is 13.1. The van der Waals surface area contributed by atoms with Gasteiger partial charge in [-0.1, -0.05) is 37.3 Å². The number of carbonyl (C=O) groups excluding carboxylic acids is 1. The molecule has 2 rings (SSSR count). The Morgan fingerprint density at radius 3 is 2.22 bits per heavy atom. The van der Waals surface area contributed by atoms with Crippen LogP contribution in [0.3, 0.4) is 0 Å². The van der Waals surface area contributed by atoms with E-state index in [0.717, 1.165) is 0 Å². The van der Waals surface area contributed by atoms with Gasteiger partial charge in [0.25, 0.3) is 0 Å². The molecule has 1 saturated heterocycles. The zero-order valence-corrected chi connectivity index (χ0v) is 13.1. The van der Waals surface area contributed by atoms with Gasteiger partial charge in [0.2, 0.25) is 5.91 Å². The Morgan fingerprint density at radius 1 is 1.17 bits per heavy atom. The van der Waals surface area contributed by atoms with Crippen molar-refractivity contribution in [2.24, 2.45) is 5.73 Å². The van der Waals surface area contributed by atoms with Gasteiger partial charge >= 0.3 is 6.18 Å². The molecule has 1 fully saturated rings. The van der Waals surface area contributed by atoms with Crippen molar-refractivity contribution >= 4 is 5.91 Å². The number of carbonyl (C=O) groups is 1. The number of nitrogens with two attached hydrogens (primary N) is 1. The van der Waals surface area contributed by atoms with Gasteiger partial charge in [-0.05, 0) is 12.0 Å². The average Bonchev–Trinajstić information content (AvgIpc) is 2.54. The summed E-state index contributed by atoms with van der Waals surface area (Å²) in [6.07, 6.45) is -3.83. The Hall–Kier alpha value is -1.60. The molecule has 1 heterocycles. The van der Waals surface area contributed by atoms with Crippen LogP contribution in [0.1, 0.15) is 24.9 Å². The minimum atomic E-state index is -4.35. The molecule has 1 aromatic rings. The number of hydrogen-bond acceptors (Lipinski definition) is 3. The lowest BCUT2D eigenvalue weighted by Crippen LogP contribution is -2.55. The summed E-state index contributed by atoms with van der Waals surface area (Å²) in [6, 6.07) is 5.67. The average molecular weight is 329 g/mol. The molecule has 1 aliphatic rings. The Bertz CT molecular complexity index is 513. The van der Waals surface area contributed by atoms with Crippen molar-refractivity contribution in [1.82, 2.24) is 9.80 Å². The van der Waals surface area contributed by atoms with Crippen molar-refractivity contribution < 1.29 is 18.0 Å². The monoisotopic (exact) mass is 329 g/mol. The third-order valence-corrected chi connectivity index (χ3v) is 4.17. The van der Waals surface area contributed by atoms with E-state index in [-0.39, 0.29) is 37.6 Å². The predicted octanol–water partition coefficient (Wildman–Crippen LogP) is 2.17. The molecule has 2 unspecified atom stereocenters. The SMILES string of the molecule is CCC(N)C(=O)N1CCN(C(c2ccccc2)C(F)(F)F)CC1. The van der Waals surface area contributed by atoms with Gasteiger partial charge in [0, 0.05) is 26.2 Å². The summed E-state index contributed by atoms with van der Waals surface area (Å²) in [5.41, 5.74) is 5.94. The molecule has 0 spiro atoms. The number of hydrogen-bond donors (Lipinski definition) is 1. The Balaban J connectivity index is 2.08. The van der Waals surface area contributed by atoms with Crippen LogP contribution in [0, 0.1) is 0 Å². The second kappa shape index (κ2) is 7.31. The molecule has 7 heteroatoms. The highest BCUT2D eigenvalue weighted by Crippen LogP contribution is 2.38. The fourth-order valence-electron chi connectivity index (χ4n) is 2.85. The molecule has 128 valence electrons. The lowest BCUT2D eigenvalue weighted by atomic mass is 10.0. The molecular weight excluding hydrogens is 307 g/mol. The summed E-state index contributed by atoms with van der Waals surface area (Å²) in [5.74, 6) is -0.185. The van der Waals surface area contributed by atoms with E-state index in [2.05, 4.69) is 0 Å². The Morgan fingerprint density at radius 2 is 1.74 bits per heavy atom. The molecule has 0 bridgehead atoms. The first-order chi connectivity index (χ1) is 10.8. The first-order valence-corrected chi connectivity index (χ1v) is 7.74. The Kier molecular flexibility index (Phi) is 5.64. The molecule has 0 saturated carbocycles. The number of nitrogens with zero attached hydrogens (tertiary/aromatic N) is 2. The molecule has 0 aromatic heterocycles. The lowest BCUT2D eigenvalue weighted by Gasteiger charge is -2.40. The van der Waals surface area contributed by atoms with Crippen molar-refractivity contribution in [3.05, 3.63) is 35.9 Å². The van der Waals surface area contributed by atoms with Crippen LogP contribution >= 0.6 is 0 Å². The van der Waals surface area contributed by atoms with Gasteiger partial charge in [0.15, 0.2) is 0 Å². The summed E-state index contributed by atoms with van der Waals surface area (Å²) >= 11 is 0. The van der Waals surface area contributed by atoms with Gasteiger partial charge < -0.3 is 10.6 Å². The van der Waals surface area contributed by atoms with Crippen molar-refractivity contribution in [3.8, 4) is 0 Å². The maximum Gasteiger partial charge on any atom is 0.408 e. The number of benzene rings is 1. The number of alkyl halides is 3. The quantitative estimate of drug-likeness (QED) is 0.921. The van der Waals surface area contributed by atoms with Crippen molar-refractivity contribution in [1.29, 1.82) is 0 Å². The van der Waals surface area contributed by atoms with Crippen LogP contribution in [-0.4, -0.2) is 54.1 Å². The summed E-state index contributed by atoms with van der Waals surface area (Å²) in [7, 11) is 0. The highest BCUT2D eigenvalue weighted by molar-refractivity contribution is 5.81. The van der Waals surface area contributed by atoms with E-state index in [0.29, 0.717) is 6.42 Å². The van der Waals surface area contributed by atoms with E-state index in [1.807, 2.05) is 6.92 Å². The molecule has 1 aliphatic heterocycles. The van der Waals surface area contributed by atoms with Crippen molar-refractivity contribution in [2.75, 3.05) is 26.2 Å². The molecule has 0 aliphatic carbocycles. The van der Waals surface area contributed by atoms with Crippen LogP contribution in [0.25, 0.3) is 0 Å². The number of amides is 1.